The van der Waals surface area contributed by atoms with Crippen LogP contribution in [0.4, 0.5) is 10.3 Å². The van der Waals surface area contributed by atoms with E-state index < -0.39 is 0 Å². The molecule has 0 saturated heterocycles. The van der Waals surface area contributed by atoms with Crippen LogP contribution in [-0.2, 0) is 11.2 Å². The molecule has 0 bridgehead atoms. The molecule has 0 aliphatic rings. The van der Waals surface area contributed by atoms with Crippen molar-refractivity contribution in [1.82, 2.24) is 9.55 Å². The van der Waals surface area contributed by atoms with Gasteiger partial charge in [0.2, 0.25) is 5.95 Å². The molecule has 1 N–H and O–H groups in total. The molecule has 2 atom stereocenters. The van der Waals surface area contributed by atoms with Gasteiger partial charge < -0.3 is 14.6 Å². The lowest BCUT2D eigenvalue weighted by atomic mass is 10.1. The monoisotopic (exact) mass is 291 g/mol. The second kappa shape index (κ2) is 7.22. The third-order valence-electron chi connectivity index (χ3n) is 3.38. The molecule has 21 heavy (non-hydrogen) atoms. The van der Waals surface area contributed by atoms with Gasteiger partial charge in [0.1, 0.15) is 5.82 Å². The maximum Gasteiger partial charge on any atom is 0.203 e. The smallest absolute Gasteiger partial charge is 0.203 e. The Hall–Kier alpha value is -1.88. The van der Waals surface area contributed by atoms with Crippen molar-refractivity contribution in [3.63, 3.8) is 0 Å². The van der Waals surface area contributed by atoms with Crippen molar-refractivity contribution >= 4 is 5.95 Å². The number of nitrogens with zero attached hydrogens (tertiary/aromatic N) is 2. The summed E-state index contributed by atoms with van der Waals surface area (Å²) in [5.41, 5.74) is 1.10. The molecule has 0 aliphatic carbocycles. The zero-order valence-electron chi connectivity index (χ0n) is 12.7. The third-order valence-corrected chi connectivity index (χ3v) is 3.38. The van der Waals surface area contributed by atoms with Gasteiger partial charge in [-0.1, -0.05) is 12.1 Å². The average molecular weight is 291 g/mol. The predicted octanol–water partition coefficient (Wildman–Crippen LogP) is 3.27. The Balaban J connectivity index is 1.98. The Labute approximate surface area is 125 Å². The molecule has 4 nitrogen and oxygen atoms in total. The summed E-state index contributed by atoms with van der Waals surface area (Å²) in [4.78, 5) is 4.35. The number of ether oxygens (including phenoxy) is 1. The van der Waals surface area contributed by atoms with Crippen molar-refractivity contribution in [2.45, 2.75) is 32.4 Å². The fourth-order valence-corrected chi connectivity index (χ4v) is 2.35. The lowest BCUT2D eigenvalue weighted by Gasteiger charge is -2.19. The normalized spacial score (nSPS) is 13.9. The number of hydrogen-bond acceptors (Lipinski definition) is 3. The van der Waals surface area contributed by atoms with Gasteiger partial charge in [-0.3, -0.25) is 0 Å². The number of benzene rings is 1. The van der Waals surface area contributed by atoms with Crippen LogP contribution in [0.5, 0.6) is 0 Å². The van der Waals surface area contributed by atoms with Crippen LogP contribution in [0.3, 0.4) is 0 Å². The van der Waals surface area contributed by atoms with Crippen molar-refractivity contribution in [3.05, 3.63) is 48.0 Å². The van der Waals surface area contributed by atoms with Gasteiger partial charge in [-0.25, -0.2) is 9.37 Å². The molecule has 114 valence electrons. The largest absolute Gasteiger partial charge is 0.383 e. The number of halogens is 1. The van der Waals surface area contributed by atoms with Gasteiger partial charge in [0.25, 0.3) is 0 Å². The molecule has 1 aromatic carbocycles. The first-order valence-corrected chi connectivity index (χ1v) is 7.13. The minimum Gasteiger partial charge on any atom is -0.383 e. The summed E-state index contributed by atoms with van der Waals surface area (Å²) in [6.07, 6.45) is 4.53. The van der Waals surface area contributed by atoms with Crippen molar-refractivity contribution in [2.75, 3.05) is 19.0 Å². The van der Waals surface area contributed by atoms with E-state index in [1.807, 2.05) is 18.3 Å². The fraction of sp³-hybridized carbons (Fsp3) is 0.438. The Morgan fingerprint density at radius 3 is 2.67 bits per heavy atom. The third kappa shape index (κ3) is 4.29. The van der Waals surface area contributed by atoms with Crippen LogP contribution in [0.25, 0.3) is 0 Å². The summed E-state index contributed by atoms with van der Waals surface area (Å²) in [5.74, 6) is 0.623. The molecule has 2 unspecified atom stereocenters. The number of rotatable bonds is 7. The molecular formula is C16H22FN3O. The van der Waals surface area contributed by atoms with Gasteiger partial charge in [-0.15, -0.1) is 0 Å². The van der Waals surface area contributed by atoms with Gasteiger partial charge in [-0.05, 0) is 38.0 Å². The van der Waals surface area contributed by atoms with Crippen LogP contribution in [-0.4, -0.2) is 29.3 Å². The van der Waals surface area contributed by atoms with Gasteiger partial charge in [0.05, 0.1) is 12.6 Å². The summed E-state index contributed by atoms with van der Waals surface area (Å²) >= 11 is 0. The Morgan fingerprint density at radius 1 is 1.29 bits per heavy atom. The maximum absolute atomic E-state index is 12.9. The fourth-order valence-electron chi connectivity index (χ4n) is 2.35. The summed E-state index contributed by atoms with van der Waals surface area (Å²) in [6, 6.07) is 7.03. The molecule has 0 saturated carbocycles. The van der Waals surface area contributed by atoms with Crippen molar-refractivity contribution in [3.8, 4) is 0 Å². The van der Waals surface area contributed by atoms with E-state index in [2.05, 4.69) is 28.7 Å². The maximum atomic E-state index is 12.9. The summed E-state index contributed by atoms with van der Waals surface area (Å²) < 4.78 is 20.1. The molecule has 2 aromatic rings. The average Bonchev–Trinajstić information content (AvgIpc) is 2.90. The van der Waals surface area contributed by atoms with E-state index in [-0.39, 0.29) is 17.9 Å². The molecule has 0 radical (unpaired) electrons. The number of aromatic nitrogens is 2. The highest BCUT2D eigenvalue weighted by Gasteiger charge is 2.12. The van der Waals surface area contributed by atoms with Crippen molar-refractivity contribution in [2.24, 2.45) is 0 Å². The Bertz CT molecular complexity index is 553. The zero-order chi connectivity index (χ0) is 15.2. The van der Waals surface area contributed by atoms with E-state index in [4.69, 9.17) is 4.74 Å². The summed E-state index contributed by atoms with van der Waals surface area (Å²) in [6.45, 7) is 4.81. The van der Waals surface area contributed by atoms with Crippen molar-refractivity contribution in [1.29, 1.82) is 0 Å². The standard InChI is InChI=1S/C16H22FN3O/c1-12(10-14-4-6-15(17)7-5-14)19-16-18-8-9-20(16)13(2)11-21-3/h4-9,12-13H,10-11H2,1-3H3,(H,18,19). The first-order valence-electron chi connectivity index (χ1n) is 7.13. The Morgan fingerprint density at radius 2 is 2.00 bits per heavy atom. The zero-order valence-corrected chi connectivity index (χ0v) is 12.7. The van der Waals surface area contributed by atoms with E-state index in [0.717, 1.165) is 17.9 Å². The number of nitrogens with one attached hydrogen (secondary N) is 1. The van der Waals surface area contributed by atoms with Crippen LogP contribution in [0.1, 0.15) is 25.5 Å². The summed E-state index contributed by atoms with van der Waals surface area (Å²) in [5, 5.41) is 3.40. The van der Waals surface area contributed by atoms with Gasteiger partial charge in [0.15, 0.2) is 0 Å². The highest BCUT2D eigenvalue weighted by atomic mass is 19.1. The second-order valence-electron chi connectivity index (χ2n) is 5.34. The molecule has 0 amide bonds. The van der Waals surface area contributed by atoms with Crippen LogP contribution in [0.15, 0.2) is 36.7 Å². The Kier molecular flexibility index (Phi) is 5.33. The first kappa shape index (κ1) is 15.5. The van der Waals surface area contributed by atoms with E-state index in [0.29, 0.717) is 6.61 Å². The van der Waals surface area contributed by atoms with E-state index in [1.165, 1.54) is 12.1 Å². The van der Waals surface area contributed by atoms with E-state index in [9.17, 15) is 4.39 Å². The molecule has 2 rings (SSSR count). The second-order valence-corrected chi connectivity index (χ2v) is 5.34. The lowest BCUT2D eigenvalue weighted by molar-refractivity contribution is 0.163. The molecule has 0 fully saturated rings. The highest BCUT2D eigenvalue weighted by Crippen LogP contribution is 2.16. The lowest BCUT2D eigenvalue weighted by Crippen LogP contribution is -2.22. The molecule has 1 aromatic heterocycles. The van der Waals surface area contributed by atoms with Crippen LogP contribution < -0.4 is 5.32 Å². The minimum absolute atomic E-state index is 0.200. The van der Waals surface area contributed by atoms with E-state index in [1.54, 1.807) is 13.3 Å². The quantitative estimate of drug-likeness (QED) is 0.851. The predicted molar refractivity (Wildman–Crippen MR) is 82.0 cm³/mol. The van der Waals surface area contributed by atoms with Gasteiger partial charge in [-0.2, -0.15) is 0 Å². The minimum atomic E-state index is -0.205. The molecule has 5 heteroatoms. The van der Waals surface area contributed by atoms with Gasteiger partial charge >= 0.3 is 0 Å². The van der Waals surface area contributed by atoms with Crippen LogP contribution in [0.2, 0.25) is 0 Å². The molecular weight excluding hydrogens is 269 g/mol. The van der Waals surface area contributed by atoms with Crippen LogP contribution in [0, 0.1) is 5.82 Å². The number of methoxy groups -OCH3 is 1. The van der Waals surface area contributed by atoms with E-state index >= 15 is 0 Å². The SMILES string of the molecule is COCC(C)n1ccnc1NC(C)Cc1ccc(F)cc1. The summed E-state index contributed by atoms with van der Waals surface area (Å²) in [7, 11) is 1.69. The topological polar surface area (TPSA) is 39.1 Å². The number of hydrogen-bond donors (Lipinski definition) is 1. The molecule has 1 heterocycles. The van der Waals surface area contributed by atoms with Crippen LogP contribution >= 0.6 is 0 Å². The molecule has 0 aliphatic heterocycles. The van der Waals surface area contributed by atoms with Gasteiger partial charge in [0, 0.05) is 25.5 Å². The highest BCUT2D eigenvalue weighted by molar-refractivity contribution is 5.29. The number of anilines is 1. The molecule has 0 spiro atoms. The van der Waals surface area contributed by atoms with Crippen molar-refractivity contribution < 1.29 is 9.13 Å². The first-order chi connectivity index (χ1) is 10.1. The number of imidazole rings is 1.